The van der Waals surface area contributed by atoms with Crippen molar-refractivity contribution in [2.45, 2.75) is 46.1 Å². The first-order valence-electron chi connectivity index (χ1n) is 6.34. The van der Waals surface area contributed by atoms with Crippen LogP contribution in [0.1, 0.15) is 39.0 Å². The summed E-state index contributed by atoms with van der Waals surface area (Å²) in [5.74, 6) is 1.37. The molecule has 5 nitrogen and oxygen atoms in total. The topological polar surface area (TPSA) is 60.2 Å². The zero-order valence-corrected chi connectivity index (χ0v) is 11.0. The minimum absolute atomic E-state index is 0.486. The Morgan fingerprint density at radius 2 is 1.88 bits per heavy atom. The van der Waals surface area contributed by atoms with Gasteiger partial charge in [0, 0.05) is 32.0 Å². The molecule has 0 unspecified atom stereocenters. The summed E-state index contributed by atoms with van der Waals surface area (Å²) in [6.07, 6.45) is 2.52. The standard InChI is InChI=1S/C12H23N3O2/c1-4-8-16-9-6-12-15-14-11(17-12)5-7-13-10(2)3/h10,13H,4-9H2,1-3H3. The van der Waals surface area contributed by atoms with Crippen LogP contribution in [0.15, 0.2) is 4.42 Å². The smallest absolute Gasteiger partial charge is 0.218 e. The Hall–Kier alpha value is -0.940. The molecule has 5 heteroatoms. The zero-order chi connectivity index (χ0) is 12.5. The lowest BCUT2D eigenvalue weighted by atomic mass is 10.3. The molecule has 17 heavy (non-hydrogen) atoms. The van der Waals surface area contributed by atoms with Gasteiger partial charge in [0.1, 0.15) is 0 Å². The highest BCUT2D eigenvalue weighted by atomic mass is 16.5. The molecule has 0 atom stereocenters. The fourth-order valence-corrected chi connectivity index (χ4v) is 1.36. The molecule has 1 rings (SSSR count). The van der Waals surface area contributed by atoms with E-state index in [1.165, 1.54) is 0 Å². The van der Waals surface area contributed by atoms with Crippen molar-refractivity contribution in [3.05, 3.63) is 11.8 Å². The van der Waals surface area contributed by atoms with E-state index in [4.69, 9.17) is 9.15 Å². The van der Waals surface area contributed by atoms with Crippen LogP contribution in [0.25, 0.3) is 0 Å². The maximum Gasteiger partial charge on any atom is 0.218 e. The van der Waals surface area contributed by atoms with E-state index in [2.05, 4.69) is 36.3 Å². The average Bonchev–Trinajstić information content (AvgIpc) is 2.72. The molecule has 1 aromatic heterocycles. The van der Waals surface area contributed by atoms with E-state index in [9.17, 15) is 0 Å². The molecule has 0 aliphatic rings. The maximum absolute atomic E-state index is 5.50. The number of hydrogen-bond donors (Lipinski definition) is 1. The Morgan fingerprint density at radius 1 is 1.18 bits per heavy atom. The van der Waals surface area contributed by atoms with Gasteiger partial charge >= 0.3 is 0 Å². The van der Waals surface area contributed by atoms with E-state index in [1.54, 1.807) is 0 Å². The second kappa shape index (κ2) is 8.20. The highest BCUT2D eigenvalue weighted by Crippen LogP contribution is 2.01. The van der Waals surface area contributed by atoms with Crippen molar-refractivity contribution in [2.24, 2.45) is 0 Å². The van der Waals surface area contributed by atoms with Gasteiger partial charge in [0.25, 0.3) is 0 Å². The first-order chi connectivity index (χ1) is 8.22. The molecule has 1 aromatic rings. The monoisotopic (exact) mass is 241 g/mol. The van der Waals surface area contributed by atoms with Crippen LogP contribution in [0.5, 0.6) is 0 Å². The lowest BCUT2D eigenvalue weighted by Gasteiger charge is -2.04. The van der Waals surface area contributed by atoms with Crippen molar-refractivity contribution in [2.75, 3.05) is 19.8 Å². The van der Waals surface area contributed by atoms with Crippen molar-refractivity contribution in [3.8, 4) is 0 Å². The summed E-state index contributed by atoms with van der Waals surface area (Å²) in [4.78, 5) is 0. The van der Waals surface area contributed by atoms with E-state index in [-0.39, 0.29) is 0 Å². The van der Waals surface area contributed by atoms with Crippen LogP contribution in [0, 0.1) is 0 Å². The molecule has 0 radical (unpaired) electrons. The van der Waals surface area contributed by atoms with Gasteiger partial charge < -0.3 is 14.5 Å². The Kier molecular flexibility index (Phi) is 6.81. The summed E-state index contributed by atoms with van der Waals surface area (Å²) >= 11 is 0. The second-order valence-corrected chi connectivity index (χ2v) is 4.31. The molecule has 98 valence electrons. The molecule has 0 saturated heterocycles. The van der Waals surface area contributed by atoms with Crippen molar-refractivity contribution in [1.82, 2.24) is 15.5 Å². The third-order valence-electron chi connectivity index (χ3n) is 2.21. The average molecular weight is 241 g/mol. The van der Waals surface area contributed by atoms with Gasteiger partial charge in [-0.25, -0.2) is 0 Å². The molecule has 0 aromatic carbocycles. The third-order valence-corrected chi connectivity index (χ3v) is 2.21. The summed E-state index contributed by atoms with van der Waals surface area (Å²) in [6, 6.07) is 0.486. The molecule has 0 bridgehead atoms. The predicted molar refractivity (Wildman–Crippen MR) is 66.0 cm³/mol. The minimum Gasteiger partial charge on any atom is -0.425 e. The van der Waals surface area contributed by atoms with Crippen LogP contribution in [-0.4, -0.2) is 36.0 Å². The Bertz CT molecular complexity index is 300. The van der Waals surface area contributed by atoms with Gasteiger partial charge in [-0.05, 0) is 6.42 Å². The van der Waals surface area contributed by atoms with Crippen LogP contribution < -0.4 is 5.32 Å². The SMILES string of the molecule is CCCOCCc1nnc(CCNC(C)C)o1. The van der Waals surface area contributed by atoms with Crippen LogP contribution in [0.3, 0.4) is 0 Å². The lowest BCUT2D eigenvalue weighted by molar-refractivity contribution is 0.133. The Balaban J connectivity index is 2.18. The normalized spacial score (nSPS) is 11.3. The van der Waals surface area contributed by atoms with E-state index >= 15 is 0 Å². The summed E-state index contributed by atoms with van der Waals surface area (Å²) in [7, 11) is 0. The van der Waals surface area contributed by atoms with E-state index in [0.717, 1.165) is 26.0 Å². The van der Waals surface area contributed by atoms with Gasteiger partial charge in [-0.15, -0.1) is 10.2 Å². The van der Waals surface area contributed by atoms with Crippen molar-refractivity contribution >= 4 is 0 Å². The highest BCUT2D eigenvalue weighted by Gasteiger charge is 2.05. The molecule has 1 heterocycles. The number of nitrogens with zero attached hydrogens (tertiary/aromatic N) is 2. The van der Waals surface area contributed by atoms with Gasteiger partial charge in [0.15, 0.2) is 0 Å². The van der Waals surface area contributed by atoms with Crippen molar-refractivity contribution in [1.29, 1.82) is 0 Å². The molecule has 0 aliphatic heterocycles. The molecule has 0 spiro atoms. The molecule has 0 aliphatic carbocycles. The molecular formula is C12H23N3O2. The third kappa shape index (κ3) is 6.38. The van der Waals surface area contributed by atoms with Gasteiger partial charge in [0.2, 0.25) is 11.8 Å². The molecule has 1 N–H and O–H groups in total. The van der Waals surface area contributed by atoms with Gasteiger partial charge in [-0.2, -0.15) is 0 Å². The van der Waals surface area contributed by atoms with Crippen LogP contribution in [0.4, 0.5) is 0 Å². The number of ether oxygens (including phenoxy) is 1. The predicted octanol–water partition coefficient (Wildman–Crippen LogP) is 1.58. The first kappa shape index (κ1) is 14.1. The molecule has 0 fully saturated rings. The van der Waals surface area contributed by atoms with Crippen molar-refractivity contribution in [3.63, 3.8) is 0 Å². The van der Waals surface area contributed by atoms with Crippen molar-refractivity contribution < 1.29 is 9.15 Å². The van der Waals surface area contributed by atoms with E-state index in [1.807, 2.05) is 0 Å². The van der Waals surface area contributed by atoms with Gasteiger partial charge in [0.05, 0.1) is 6.61 Å². The molecule has 0 saturated carbocycles. The summed E-state index contributed by atoms with van der Waals surface area (Å²) < 4.78 is 10.9. The van der Waals surface area contributed by atoms with E-state index in [0.29, 0.717) is 30.9 Å². The number of hydrogen-bond acceptors (Lipinski definition) is 5. The fourth-order valence-electron chi connectivity index (χ4n) is 1.36. The van der Waals surface area contributed by atoms with Crippen LogP contribution >= 0.6 is 0 Å². The van der Waals surface area contributed by atoms with Crippen LogP contribution in [-0.2, 0) is 17.6 Å². The summed E-state index contributed by atoms with van der Waals surface area (Å²) in [5, 5.41) is 11.3. The highest BCUT2D eigenvalue weighted by molar-refractivity contribution is 4.83. The number of aromatic nitrogens is 2. The van der Waals surface area contributed by atoms with Crippen LogP contribution in [0.2, 0.25) is 0 Å². The van der Waals surface area contributed by atoms with Gasteiger partial charge in [-0.1, -0.05) is 20.8 Å². The second-order valence-electron chi connectivity index (χ2n) is 4.31. The zero-order valence-electron chi connectivity index (χ0n) is 11.0. The molecular weight excluding hydrogens is 218 g/mol. The quantitative estimate of drug-likeness (QED) is 0.665. The lowest BCUT2D eigenvalue weighted by Crippen LogP contribution is -2.25. The Morgan fingerprint density at radius 3 is 2.53 bits per heavy atom. The first-order valence-corrected chi connectivity index (χ1v) is 6.34. The Labute approximate surface area is 103 Å². The maximum atomic E-state index is 5.50. The minimum atomic E-state index is 0.486. The number of nitrogens with one attached hydrogen (secondary N) is 1. The summed E-state index contributed by atoms with van der Waals surface area (Å²) in [5.41, 5.74) is 0. The fraction of sp³-hybridized carbons (Fsp3) is 0.833. The molecule has 0 amide bonds. The number of rotatable bonds is 9. The van der Waals surface area contributed by atoms with E-state index < -0.39 is 0 Å². The van der Waals surface area contributed by atoms with Gasteiger partial charge in [-0.3, -0.25) is 0 Å². The summed E-state index contributed by atoms with van der Waals surface area (Å²) in [6.45, 7) is 8.63. The largest absolute Gasteiger partial charge is 0.425 e.